The average molecular weight is 1130 g/mol. The van der Waals surface area contributed by atoms with Crippen molar-refractivity contribution in [1.29, 1.82) is 0 Å². The van der Waals surface area contributed by atoms with Crippen molar-refractivity contribution in [3.05, 3.63) is 132 Å². The molecule has 3 atom stereocenters. The van der Waals surface area contributed by atoms with Gasteiger partial charge in [0.2, 0.25) is 11.8 Å². The summed E-state index contributed by atoms with van der Waals surface area (Å²) in [7, 11) is 2.01. The molecular weight excluding hydrogens is 1050 g/mol. The maximum atomic E-state index is 14.5. The minimum absolute atomic E-state index is 0.0374. The Hall–Kier alpha value is -6.61. The monoisotopic (exact) mass is 1130 g/mol. The van der Waals surface area contributed by atoms with Crippen molar-refractivity contribution in [3.8, 4) is 0 Å². The molecule has 1 N–H and O–H groups in total. The molecule has 0 bridgehead atoms. The fourth-order valence-corrected chi connectivity index (χ4v) is 10.1. The Bertz CT molecular complexity index is 2880. The topological polar surface area (TPSA) is 178 Å². The van der Waals surface area contributed by atoms with E-state index in [0.29, 0.717) is 84.5 Å². The molecule has 82 heavy (non-hydrogen) atoms. The first kappa shape index (κ1) is 63.0. The molecule has 0 spiro atoms. The molecule has 444 valence electrons. The summed E-state index contributed by atoms with van der Waals surface area (Å²) in [4.78, 5) is 74.0. The number of hydrogen-bond acceptors (Lipinski definition) is 14. The number of fused-ring (bicyclic) bond motifs is 2. The molecule has 3 aromatic carbocycles. The van der Waals surface area contributed by atoms with E-state index in [4.69, 9.17) is 33.4 Å². The number of rotatable bonds is 26. The molecule has 4 amide bonds. The van der Waals surface area contributed by atoms with Crippen LogP contribution in [0.3, 0.4) is 0 Å². The summed E-state index contributed by atoms with van der Waals surface area (Å²) in [5, 5.41) is 4.96. The summed E-state index contributed by atoms with van der Waals surface area (Å²) < 4.78 is 48.6. The molecule has 0 unspecified atom stereocenters. The Kier molecular flexibility index (Phi) is 22.3. The van der Waals surface area contributed by atoms with Crippen LogP contribution in [-0.4, -0.2) is 189 Å². The van der Waals surface area contributed by atoms with Gasteiger partial charge in [-0.2, -0.15) is 0 Å². The number of anilines is 2. The molecule has 7 rings (SSSR count). The highest BCUT2D eigenvalue weighted by molar-refractivity contribution is 5.99. The van der Waals surface area contributed by atoms with Crippen LogP contribution in [0.1, 0.15) is 90.6 Å². The third kappa shape index (κ3) is 19.0. The molecule has 1 saturated heterocycles. The van der Waals surface area contributed by atoms with Crippen LogP contribution in [0.4, 0.5) is 25.4 Å². The van der Waals surface area contributed by atoms with Crippen molar-refractivity contribution >= 4 is 46.1 Å². The van der Waals surface area contributed by atoms with E-state index < -0.39 is 23.2 Å². The number of pyridine rings is 2. The second-order valence-corrected chi connectivity index (χ2v) is 24.0. The van der Waals surface area contributed by atoms with Gasteiger partial charge in [0.05, 0.1) is 76.7 Å². The summed E-state index contributed by atoms with van der Waals surface area (Å²) in [6.07, 6.45) is 4.97. The second-order valence-electron chi connectivity index (χ2n) is 24.0. The Morgan fingerprint density at radius 2 is 1.40 bits per heavy atom. The SMILES string of the molecule is C[C@@H]1CN(CC(=O)N2CC(C)(C)c3ncc(Cc4ccc(F)cc4)cc32)[C@@H](CN(C)CCOCCOCCOCCOCCN(C[C@@H](C(=O)Nc2ccc3cnccc3c2)c2ccccc2)C(=O)OC(C)(C)C)CN1C(=O)OC(C)(C)C. The van der Waals surface area contributed by atoms with E-state index >= 15 is 0 Å². The van der Waals surface area contributed by atoms with E-state index in [1.807, 2.05) is 107 Å². The van der Waals surface area contributed by atoms with Gasteiger partial charge in [0.15, 0.2) is 0 Å². The number of piperazine rings is 1. The normalized spacial score (nSPS) is 16.7. The molecule has 0 radical (unpaired) electrons. The number of likely N-dealkylation sites (N-methyl/N-ethyl adjacent to an activating group) is 1. The van der Waals surface area contributed by atoms with Crippen molar-refractivity contribution in [3.63, 3.8) is 0 Å². The smallest absolute Gasteiger partial charge is 0.410 e. The van der Waals surface area contributed by atoms with Crippen LogP contribution in [0.15, 0.2) is 104 Å². The highest BCUT2D eigenvalue weighted by Gasteiger charge is 2.43. The number of halogens is 1. The number of ether oxygens (including phenoxy) is 6. The standard InChI is InChI=1S/C63H85FN8O10/c1-45-39-70(43-56(73)72-44-63(8,9)57-55(72)35-47(37-66-57)34-46-16-19-51(64)20-17-46)53(41-71(45)60(76)82-62(5,6)7)40-68(10)24-26-77-28-30-79-32-33-80-31-29-78-27-25-69(59(75)81-61(2,3)4)42-54(48-14-12-11-13-15-48)58(74)67-52-21-18-50-38-65-23-22-49(50)36-52/h11-23,35-38,45,53-54H,24-34,39-44H2,1-10H3,(H,67,74)/t45-,53+,54-/m1/s1. The summed E-state index contributed by atoms with van der Waals surface area (Å²) in [6, 6.07) is 25.0. The van der Waals surface area contributed by atoms with E-state index in [1.54, 1.807) is 50.2 Å². The van der Waals surface area contributed by atoms with Crippen molar-refractivity contribution in [2.24, 2.45) is 0 Å². The van der Waals surface area contributed by atoms with Crippen LogP contribution < -0.4 is 10.2 Å². The van der Waals surface area contributed by atoms with E-state index in [0.717, 1.165) is 38.8 Å². The van der Waals surface area contributed by atoms with Gasteiger partial charge in [0.1, 0.15) is 17.0 Å². The van der Waals surface area contributed by atoms with Crippen molar-refractivity contribution in [2.75, 3.05) is 122 Å². The van der Waals surface area contributed by atoms with Crippen LogP contribution in [-0.2, 0) is 49.8 Å². The minimum Gasteiger partial charge on any atom is -0.444 e. The summed E-state index contributed by atoms with van der Waals surface area (Å²) in [6.45, 7) is 22.9. The van der Waals surface area contributed by atoms with Crippen LogP contribution >= 0.6 is 0 Å². The van der Waals surface area contributed by atoms with Gasteiger partial charge in [-0.05, 0) is 120 Å². The first-order valence-corrected chi connectivity index (χ1v) is 28.5. The lowest BCUT2D eigenvalue weighted by Gasteiger charge is -2.46. The Morgan fingerprint density at radius 1 is 0.756 bits per heavy atom. The maximum Gasteiger partial charge on any atom is 0.410 e. The predicted molar refractivity (Wildman–Crippen MR) is 315 cm³/mol. The molecule has 4 heterocycles. The second kappa shape index (κ2) is 29.1. The molecule has 2 aliphatic heterocycles. The lowest BCUT2D eigenvalue weighted by Crippen LogP contribution is -2.63. The van der Waals surface area contributed by atoms with Gasteiger partial charge in [-0.15, -0.1) is 0 Å². The molecule has 2 aromatic heterocycles. The quantitative estimate of drug-likeness (QED) is 0.0519. The molecule has 0 aliphatic carbocycles. The number of amides is 4. The number of nitrogens with zero attached hydrogens (tertiary/aromatic N) is 7. The van der Waals surface area contributed by atoms with Gasteiger partial charge in [-0.3, -0.25) is 24.5 Å². The lowest BCUT2D eigenvalue weighted by atomic mass is 9.91. The van der Waals surface area contributed by atoms with Gasteiger partial charge in [0.25, 0.3) is 0 Å². The van der Waals surface area contributed by atoms with Gasteiger partial charge < -0.3 is 53.3 Å². The Morgan fingerprint density at radius 3 is 2.06 bits per heavy atom. The van der Waals surface area contributed by atoms with E-state index in [9.17, 15) is 23.6 Å². The van der Waals surface area contributed by atoms with Crippen LogP contribution in [0, 0.1) is 5.82 Å². The highest BCUT2D eigenvalue weighted by atomic mass is 19.1. The number of nitrogens with one attached hydrogen (secondary N) is 1. The summed E-state index contributed by atoms with van der Waals surface area (Å²) >= 11 is 0. The first-order chi connectivity index (χ1) is 39.0. The third-order valence-corrected chi connectivity index (χ3v) is 14.2. The molecule has 0 saturated carbocycles. The lowest BCUT2D eigenvalue weighted by molar-refractivity contribution is -0.121. The van der Waals surface area contributed by atoms with Crippen molar-refractivity contribution in [1.82, 2.24) is 29.6 Å². The van der Waals surface area contributed by atoms with Crippen molar-refractivity contribution < 1.29 is 52.0 Å². The maximum absolute atomic E-state index is 14.5. The highest BCUT2D eigenvalue weighted by Crippen LogP contribution is 2.40. The number of aromatic nitrogens is 2. The molecule has 19 heteroatoms. The fraction of sp³-hybridized carbons (Fsp3) is 0.524. The van der Waals surface area contributed by atoms with Gasteiger partial charge in [-0.25, -0.2) is 14.0 Å². The summed E-state index contributed by atoms with van der Waals surface area (Å²) in [5.41, 5.74) is 3.19. The third-order valence-electron chi connectivity index (χ3n) is 14.2. The molecule has 18 nitrogen and oxygen atoms in total. The number of benzene rings is 3. The molecule has 1 fully saturated rings. The zero-order valence-corrected chi connectivity index (χ0v) is 49.7. The van der Waals surface area contributed by atoms with Crippen LogP contribution in [0.25, 0.3) is 10.8 Å². The minimum atomic E-state index is -0.750. The molecule has 2 aliphatic rings. The largest absolute Gasteiger partial charge is 0.444 e. The fourth-order valence-electron chi connectivity index (χ4n) is 10.1. The molecule has 5 aromatic rings. The number of carbonyl (C=O) groups is 4. The van der Waals surface area contributed by atoms with E-state index in [2.05, 4.69) is 33.9 Å². The van der Waals surface area contributed by atoms with Crippen molar-refractivity contribution in [2.45, 2.75) is 103 Å². The summed E-state index contributed by atoms with van der Waals surface area (Å²) in [5.74, 6) is -1.29. The van der Waals surface area contributed by atoms with Gasteiger partial charge >= 0.3 is 12.2 Å². The van der Waals surface area contributed by atoms with E-state index in [-0.39, 0.29) is 74.1 Å². The predicted octanol–water partition coefficient (Wildman–Crippen LogP) is 8.95. The Labute approximate surface area is 483 Å². The number of hydrogen-bond donors (Lipinski definition) is 1. The van der Waals surface area contributed by atoms with Crippen LogP contribution in [0.2, 0.25) is 0 Å². The van der Waals surface area contributed by atoms with Gasteiger partial charge in [0, 0.05) is 93.0 Å². The first-order valence-electron chi connectivity index (χ1n) is 28.5. The van der Waals surface area contributed by atoms with Gasteiger partial charge in [-0.1, -0.05) is 62.4 Å². The van der Waals surface area contributed by atoms with Crippen LogP contribution in [0.5, 0.6) is 0 Å². The average Bonchev–Trinajstić information content (AvgIpc) is 3.95. The van der Waals surface area contributed by atoms with E-state index in [1.165, 1.54) is 17.0 Å². The molecular formula is C63H85FN8O10. The Balaban J connectivity index is 0.823. The zero-order valence-electron chi connectivity index (χ0n) is 49.7. The number of carbonyl (C=O) groups excluding carboxylic acids is 4. The zero-order chi connectivity index (χ0) is 59.0.